The summed E-state index contributed by atoms with van der Waals surface area (Å²) < 4.78 is 5.39. The van der Waals surface area contributed by atoms with Gasteiger partial charge in [-0.05, 0) is 25.0 Å². The molecule has 0 bridgehead atoms. The summed E-state index contributed by atoms with van der Waals surface area (Å²) in [6, 6.07) is 7.85. The zero-order valence-corrected chi connectivity index (χ0v) is 9.36. The van der Waals surface area contributed by atoms with Crippen molar-refractivity contribution in [3.63, 3.8) is 0 Å². The zero-order chi connectivity index (χ0) is 11.1. The van der Waals surface area contributed by atoms with Gasteiger partial charge in [0.1, 0.15) is 5.75 Å². The van der Waals surface area contributed by atoms with Crippen LogP contribution < -0.4 is 10.1 Å². The lowest BCUT2D eigenvalue weighted by molar-refractivity contribution is 0.244. The van der Waals surface area contributed by atoms with Crippen LogP contribution in [0.25, 0.3) is 0 Å². The van der Waals surface area contributed by atoms with Gasteiger partial charge in [-0.25, -0.2) is 0 Å². The van der Waals surface area contributed by atoms with Gasteiger partial charge in [0.25, 0.3) is 0 Å². The molecular weight excluding hydrogens is 190 g/mol. The Hall–Kier alpha value is -1.22. The Morgan fingerprint density at radius 2 is 2.27 bits per heavy atom. The molecule has 0 fully saturated rings. The Morgan fingerprint density at radius 1 is 1.47 bits per heavy atom. The van der Waals surface area contributed by atoms with Crippen molar-refractivity contribution in [2.45, 2.75) is 13.8 Å². The molecule has 0 amide bonds. The van der Waals surface area contributed by atoms with Crippen LogP contribution in [0.3, 0.4) is 0 Å². The molecule has 84 valence electrons. The Kier molecular flexibility index (Phi) is 4.98. The minimum absolute atomic E-state index is 0.206. The molecule has 3 nitrogen and oxygen atoms in total. The molecule has 0 aliphatic rings. The average Bonchev–Trinajstić information content (AvgIpc) is 2.27. The zero-order valence-electron chi connectivity index (χ0n) is 9.36. The number of anilines is 1. The molecule has 2 N–H and O–H groups in total. The van der Waals surface area contributed by atoms with Crippen LogP contribution in [0.15, 0.2) is 24.3 Å². The molecule has 1 aromatic carbocycles. The van der Waals surface area contributed by atoms with Gasteiger partial charge in [0.2, 0.25) is 0 Å². The Bertz CT molecular complexity index is 289. The SMILES string of the molecule is CCOc1cccc(NCC(C)CO)c1. The van der Waals surface area contributed by atoms with Gasteiger partial charge in [-0.1, -0.05) is 13.0 Å². The van der Waals surface area contributed by atoms with Gasteiger partial charge in [0.15, 0.2) is 0 Å². The molecule has 0 aliphatic carbocycles. The first kappa shape index (κ1) is 11.9. The first-order valence-electron chi connectivity index (χ1n) is 5.33. The predicted molar refractivity (Wildman–Crippen MR) is 62.4 cm³/mol. The topological polar surface area (TPSA) is 41.5 Å². The van der Waals surface area contributed by atoms with Crippen LogP contribution >= 0.6 is 0 Å². The minimum Gasteiger partial charge on any atom is -0.494 e. The maximum atomic E-state index is 8.89. The van der Waals surface area contributed by atoms with Gasteiger partial charge in [-0.2, -0.15) is 0 Å². The summed E-state index contributed by atoms with van der Waals surface area (Å²) in [5.41, 5.74) is 1.03. The van der Waals surface area contributed by atoms with Crippen molar-refractivity contribution in [1.82, 2.24) is 0 Å². The summed E-state index contributed by atoms with van der Waals surface area (Å²) in [6.45, 7) is 5.62. The first-order valence-corrected chi connectivity index (χ1v) is 5.33. The quantitative estimate of drug-likeness (QED) is 0.754. The summed E-state index contributed by atoms with van der Waals surface area (Å²) in [7, 11) is 0. The molecule has 3 heteroatoms. The van der Waals surface area contributed by atoms with E-state index in [1.165, 1.54) is 0 Å². The Morgan fingerprint density at radius 3 is 2.93 bits per heavy atom. The molecule has 1 atom stereocenters. The van der Waals surface area contributed by atoms with Crippen LogP contribution in [0, 0.1) is 5.92 Å². The molecule has 1 rings (SSSR count). The van der Waals surface area contributed by atoms with Crippen LogP contribution in [0.5, 0.6) is 5.75 Å². The van der Waals surface area contributed by atoms with Crippen molar-refractivity contribution >= 4 is 5.69 Å². The van der Waals surface area contributed by atoms with E-state index in [-0.39, 0.29) is 12.5 Å². The molecule has 0 saturated heterocycles. The fraction of sp³-hybridized carbons (Fsp3) is 0.500. The Balaban J connectivity index is 2.50. The number of ether oxygens (including phenoxy) is 1. The molecule has 0 aliphatic heterocycles. The van der Waals surface area contributed by atoms with E-state index in [9.17, 15) is 0 Å². The van der Waals surface area contributed by atoms with E-state index in [4.69, 9.17) is 9.84 Å². The highest BCUT2D eigenvalue weighted by Gasteiger charge is 2.00. The molecule has 0 spiro atoms. The number of hydrogen-bond donors (Lipinski definition) is 2. The number of aliphatic hydroxyl groups excluding tert-OH is 1. The van der Waals surface area contributed by atoms with Crippen molar-refractivity contribution in [2.24, 2.45) is 5.92 Å². The molecule has 0 saturated carbocycles. The molecule has 15 heavy (non-hydrogen) atoms. The number of aliphatic hydroxyl groups is 1. The van der Waals surface area contributed by atoms with Crippen molar-refractivity contribution in [2.75, 3.05) is 25.1 Å². The van der Waals surface area contributed by atoms with E-state index in [0.29, 0.717) is 6.61 Å². The smallest absolute Gasteiger partial charge is 0.121 e. The average molecular weight is 209 g/mol. The van der Waals surface area contributed by atoms with Crippen LogP contribution in [0.1, 0.15) is 13.8 Å². The second-order valence-electron chi connectivity index (χ2n) is 3.63. The van der Waals surface area contributed by atoms with Gasteiger partial charge in [0, 0.05) is 24.9 Å². The monoisotopic (exact) mass is 209 g/mol. The van der Waals surface area contributed by atoms with Gasteiger partial charge < -0.3 is 15.2 Å². The van der Waals surface area contributed by atoms with E-state index < -0.39 is 0 Å². The largest absolute Gasteiger partial charge is 0.494 e. The summed E-state index contributed by atoms with van der Waals surface area (Å²) in [5, 5.41) is 12.1. The van der Waals surface area contributed by atoms with Gasteiger partial charge in [-0.15, -0.1) is 0 Å². The van der Waals surface area contributed by atoms with Crippen molar-refractivity contribution < 1.29 is 9.84 Å². The third kappa shape index (κ3) is 4.21. The predicted octanol–water partition coefficient (Wildman–Crippen LogP) is 2.13. The maximum Gasteiger partial charge on any atom is 0.121 e. The lowest BCUT2D eigenvalue weighted by atomic mass is 10.2. The molecule has 0 aromatic heterocycles. The third-order valence-electron chi connectivity index (χ3n) is 2.11. The highest BCUT2D eigenvalue weighted by Crippen LogP contribution is 2.17. The molecule has 0 heterocycles. The van der Waals surface area contributed by atoms with E-state index in [1.54, 1.807) is 0 Å². The number of benzene rings is 1. The lowest BCUT2D eigenvalue weighted by Crippen LogP contribution is -2.14. The normalized spacial score (nSPS) is 12.2. The Labute approximate surface area is 91.1 Å². The molecule has 1 aromatic rings. The number of nitrogens with one attached hydrogen (secondary N) is 1. The lowest BCUT2D eigenvalue weighted by Gasteiger charge is -2.11. The summed E-state index contributed by atoms with van der Waals surface area (Å²) >= 11 is 0. The minimum atomic E-state index is 0.206. The number of rotatable bonds is 6. The van der Waals surface area contributed by atoms with Gasteiger partial charge in [0.05, 0.1) is 6.61 Å². The van der Waals surface area contributed by atoms with E-state index in [2.05, 4.69) is 5.32 Å². The maximum absolute atomic E-state index is 8.89. The van der Waals surface area contributed by atoms with Crippen LogP contribution in [-0.4, -0.2) is 24.9 Å². The van der Waals surface area contributed by atoms with E-state index in [1.807, 2.05) is 38.1 Å². The first-order chi connectivity index (χ1) is 7.26. The van der Waals surface area contributed by atoms with Crippen molar-refractivity contribution in [3.8, 4) is 5.75 Å². The molecular formula is C12H19NO2. The third-order valence-corrected chi connectivity index (χ3v) is 2.11. The van der Waals surface area contributed by atoms with Crippen LogP contribution in [0.4, 0.5) is 5.69 Å². The highest BCUT2D eigenvalue weighted by molar-refractivity contribution is 5.48. The fourth-order valence-electron chi connectivity index (χ4n) is 1.22. The second kappa shape index (κ2) is 6.30. The van der Waals surface area contributed by atoms with Crippen LogP contribution in [0.2, 0.25) is 0 Å². The van der Waals surface area contributed by atoms with Gasteiger partial charge in [-0.3, -0.25) is 0 Å². The molecule has 1 unspecified atom stereocenters. The summed E-state index contributed by atoms with van der Waals surface area (Å²) in [4.78, 5) is 0. The van der Waals surface area contributed by atoms with Gasteiger partial charge >= 0.3 is 0 Å². The standard InChI is InChI=1S/C12H19NO2/c1-3-15-12-6-4-5-11(7-12)13-8-10(2)9-14/h4-7,10,13-14H,3,8-9H2,1-2H3. The second-order valence-corrected chi connectivity index (χ2v) is 3.63. The summed E-state index contributed by atoms with van der Waals surface area (Å²) in [5.74, 6) is 1.14. The molecule has 0 radical (unpaired) electrons. The summed E-state index contributed by atoms with van der Waals surface area (Å²) in [6.07, 6.45) is 0. The van der Waals surface area contributed by atoms with E-state index >= 15 is 0 Å². The van der Waals surface area contributed by atoms with E-state index in [0.717, 1.165) is 18.0 Å². The van der Waals surface area contributed by atoms with Crippen molar-refractivity contribution in [1.29, 1.82) is 0 Å². The van der Waals surface area contributed by atoms with Crippen LogP contribution in [-0.2, 0) is 0 Å². The highest BCUT2D eigenvalue weighted by atomic mass is 16.5. The number of hydrogen-bond acceptors (Lipinski definition) is 3. The fourth-order valence-corrected chi connectivity index (χ4v) is 1.22. The van der Waals surface area contributed by atoms with Crippen molar-refractivity contribution in [3.05, 3.63) is 24.3 Å².